The predicted octanol–water partition coefficient (Wildman–Crippen LogP) is 3.12. The third kappa shape index (κ3) is 2.82. The Hall–Kier alpha value is -0.870. The van der Waals surface area contributed by atoms with Gasteiger partial charge in [0.25, 0.3) is 0 Å². The van der Waals surface area contributed by atoms with Gasteiger partial charge in [-0.05, 0) is 29.0 Å². The van der Waals surface area contributed by atoms with Crippen molar-refractivity contribution in [2.75, 3.05) is 6.54 Å². The molecular formula is C10H10N2S2. The van der Waals surface area contributed by atoms with Gasteiger partial charge in [0.15, 0.2) is 0 Å². The molecule has 72 valence electrons. The van der Waals surface area contributed by atoms with Crippen LogP contribution in [-0.4, -0.2) is 15.8 Å². The number of rotatable bonds is 3. The van der Waals surface area contributed by atoms with Crippen LogP contribution in [0.5, 0.6) is 0 Å². The Morgan fingerprint density at radius 3 is 2.79 bits per heavy atom. The molecule has 4 heteroatoms. The van der Waals surface area contributed by atoms with Crippen molar-refractivity contribution in [3.8, 4) is 0 Å². The molecule has 0 saturated carbocycles. The van der Waals surface area contributed by atoms with Crippen LogP contribution >= 0.6 is 21.8 Å². The van der Waals surface area contributed by atoms with Gasteiger partial charge < -0.3 is 4.31 Å². The topological polar surface area (TPSA) is 16.1 Å². The summed E-state index contributed by atoms with van der Waals surface area (Å²) in [5.41, 5.74) is 0. The second kappa shape index (κ2) is 5.12. The summed E-state index contributed by atoms with van der Waals surface area (Å²) in [6, 6.07) is 4.03. The van der Waals surface area contributed by atoms with Gasteiger partial charge in [0.05, 0.1) is 0 Å². The number of pyridine rings is 1. The first-order chi connectivity index (χ1) is 6.95. The van der Waals surface area contributed by atoms with E-state index in [4.69, 9.17) is 0 Å². The number of aromatic nitrogens is 1. The molecule has 0 bridgehead atoms. The lowest BCUT2D eigenvalue weighted by Crippen LogP contribution is -2.07. The molecule has 0 saturated heterocycles. The molecule has 0 radical (unpaired) electrons. The summed E-state index contributed by atoms with van der Waals surface area (Å²) in [6.45, 7) is 0.971. The monoisotopic (exact) mass is 222 g/mol. The van der Waals surface area contributed by atoms with Crippen LogP contribution in [0, 0.1) is 0 Å². The maximum absolute atomic E-state index is 3.98. The molecule has 0 atom stereocenters. The number of nitrogens with zero attached hydrogens (tertiary/aromatic N) is 2. The van der Waals surface area contributed by atoms with Gasteiger partial charge in [-0.1, -0.05) is 12.2 Å². The van der Waals surface area contributed by atoms with Crippen LogP contribution in [0.1, 0.15) is 0 Å². The first-order valence-corrected chi connectivity index (χ1v) is 6.40. The van der Waals surface area contributed by atoms with E-state index in [1.54, 1.807) is 21.8 Å². The van der Waals surface area contributed by atoms with Crippen molar-refractivity contribution < 1.29 is 0 Å². The Morgan fingerprint density at radius 2 is 2.07 bits per heavy atom. The van der Waals surface area contributed by atoms with Crippen LogP contribution in [-0.2, 0) is 0 Å². The van der Waals surface area contributed by atoms with E-state index in [2.05, 4.69) is 27.6 Å². The molecule has 2 nitrogen and oxygen atoms in total. The quantitative estimate of drug-likeness (QED) is 0.576. The SMILES string of the molecule is C1=CCN(SSc2ccncc2)C=C1. The van der Waals surface area contributed by atoms with Crippen molar-refractivity contribution in [3.05, 3.63) is 49.0 Å². The standard InChI is InChI=1S/C10H10N2S2/c1-2-8-12(9-3-1)14-13-10-4-6-11-7-5-10/h1-8H,9H2. The highest BCUT2D eigenvalue weighted by molar-refractivity contribution is 8.75. The maximum atomic E-state index is 3.98. The van der Waals surface area contributed by atoms with E-state index in [9.17, 15) is 0 Å². The van der Waals surface area contributed by atoms with Crippen molar-refractivity contribution in [1.82, 2.24) is 9.29 Å². The third-order valence-electron chi connectivity index (χ3n) is 1.66. The van der Waals surface area contributed by atoms with Crippen molar-refractivity contribution in [2.45, 2.75) is 4.90 Å². The maximum Gasteiger partial charge on any atom is 0.0481 e. The van der Waals surface area contributed by atoms with Crippen LogP contribution < -0.4 is 0 Å². The lowest BCUT2D eigenvalue weighted by Gasteiger charge is -2.17. The second-order valence-corrected chi connectivity index (χ2v) is 4.91. The molecule has 14 heavy (non-hydrogen) atoms. The highest BCUT2D eigenvalue weighted by Crippen LogP contribution is 2.33. The summed E-state index contributed by atoms with van der Waals surface area (Å²) in [6.07, 6.45) is 12.0. The third-order valence-corrected chi connectivity index (χ3v) is 4.04. The van der Waals surface area contributed by atoms with Crippen LogP contribution in [0.15, 0.2) is 53.8 Å². The Morgan fingerprint density at radius 1 is 1.21 bits per heavy atom. The highest BCUT2D eigenvalue weighted by Gasteiger charge is 2.01. The molecule has 0 N–H and O–H groups in total. The largest absolute Gasteiger partial charge is 0.310 e. The van der Waals surface area contributed by atoms with Gasteiger partial charge in [-0.2, -0.15) is 0 Å². The van der Waals surface area contributed by atoms with Crippen molar-refractivity contribution in [2.24, 2.45) is 0 Å². The van der Waals surface area contributed by atoms with Crippen LogP contribution in [0.25, 0.3) is 0 Å². The van der Waals surface area contributed by atoms with Gasteiger partial charge in [0.1, 0.15) is 0 Å². The molecule has 0 aromatic carbocycles. The Bertz CT molecular complexity index is 335. The predicted molar refractivity (Wildman–Crippen MR) is 62.7 cm³/mol. The fraction of sp³-hybridized carbons (Fsp3) is 0.100. The van der Waals surface area contributed by atoms with E-state index in [0.29, 0.717) is 0 Å². The molecular weight excluding hydrogens is 212 g/mol. The fourth-order valence-electron chi connectivity index (χ4n) is 0.990. The minimum Gasteiger partial charge on any atom is -0.310 e. The first kappa shape index (κ1) is 9.68. The molecule has 0 amide bonds. The zero-order chi connectivity index (χ0) is 9.64. The summed E-state index contributed by atoms with van der Waals surface area (Å²) in [4.78, 5) is 5.21. The molecule has 1 aromatic heterocycles. The zero-order valence-electron chi connectivity index (χ0n) is 7.54. The van der Waals surface area contributed by atoms with E-state index in [-0.39, 0.29) is 0 Å². The van der Waals surface area contributed by atoms with Gasteiger partial charge in [-0.3, -0.25) is 4.98 Å². The van der Waals surface area contributed by atoms with Gasteiger partial charge in [-0.25, -0.2) is 0 Å². The molecule has 1 aliphatic rings. The summed E-state index contributed by atoms with van der Waals surface area (Å²) in [7, 11) is 3.48. The van der Waals surface area contributed by atoms with E-state index >= 15 is 0 Å². The molecule has 0 aliphatic carbocycles. The van der Waals surface area contributed by atoms with E-state index < -0.39 is 0 Å². The summed E-state index contributed by atoms with van der Waals surface area (Å²) < 4.78 is 2.19. The lowest BCUT2D eigenvalue weighted by atomic mass is 10.4. The van der Waals surface area contributed by atoms with Crippen LogP contribution in [0.3, 0.4) is 0 Å². The smallest absolute Gasteiger partial charge is 0.0481 e. The zero-order valence-corrected chi connectivity index (χ0v) is 9.17. The molecule has 0 spiro atoms. The molecule has 2 rings (SSSR count). The summed E-state index contributed by atoms with van der Waals surface area (Å²) in [5, 5.41) is 0. The summed E-state index contributed by atoms with van der Waals surface area (Å²) in [5.74, 6) is 0. The van der Waals surface area contributed by atoms with Crippen LogP contribution in [0.2, 0.25) is 0 Å². The highest BCUT2D eigenvalue weighted by atomic mass is 33.1. The average molecular weight is 222 g/mol. The van der Waals surface area contributed by atoms with Crippen molar-refractivity contribution in [1.29, 1.82) is 0 Å². The second-order valence-electron chi connectivity index (χ2n) is 2.71. The summed E-state index contributed by atoms with van der Waals surface area (Å²) >= 11 is 0. The normalized spacial score (nSPS) is 14.7. The number of hydrogen-bond acceptors (Lipinski definition) is 4. The van der Waals surface area contributed by atoms with E-state index in [0.717, 1.165) is 6.54 Å². The molecule has 0 fully saturated rings. The van der Waals surface area contributed by atoms with Crippen molar-refractivity contribution in [3.63, 3.8) is 0 Å². The Kier molecular flexibility index (Phi) is 3.54. The van der Waals surface area contributed by atoms with E-state index in [1.807, 2.05) is 30.6 Å². The number of allylic oxidation sites excluding steroid dienone is 2. The fourth-order valence-corrected chi connectivity index (χ4v) is 2.88. The Labute approximate surface area is 91.6 Å². The molecule has 1 aliphatic heterocycles. The molecule has 2 heterocycles. The Balaban J connectivity index is 1.83. The van der Waals surface area contributed by atoms with Crippen molar-refractivity contribution >= 4 is 21.8 Å². The average Bonchev–Trinajstić information content (AvgIpc) is 2.29. The van der Waals surface area contributed by atoms with E-state index in [1.165, 1.54) is 4.90 Å². The minimum absolute atomic E-state index is 0.971. The molecule has 1 aromatic rings. The van der Waals surface area contributed by atoms with Gasteiger partial charge in [-0.15, -0.1) is 0 Å². The lowest BCUT2D eigenvalue weighted by molar-refractivity contribution is 0.698. The number of hydrogen-bond donors (Lipinski definition) is 0. The van der Waals surface area contributed by atoms with Gasteiger partial charge >= 0.3 is 0 Å². The van der Waals surface area contributed by atoms with Gasteiger partial charge in [0.2, 0.25) is 0 Å². The van der Waals surface area contributed by atoms with Crippen LogP contribution in [0.4, 0.5) is 0 Å². The molecule has 0 unspecified atom stereocenters. The van der Waals surface area contributed by atoms with Gasteiger partial charge in [0, 0.05) is 41.0 Å². The minimum atomic E-state index is 0.971. The first-order valence-electron chi connectivity index (χ1n) is 4.30.